The van der Waals surface area contributed by atoms with E-state index in [2.05, 4.69) is 0 Å². The Balaban J connectivity index is 2.43. The molecule has 0 atom stereocenters. The van der Waals surface area contributed by atoms with Gasteiger partial charge in [-0.25, -0.2) is 21.9 Å². The average Bonchev–Trinajstić information content (AvgIpc) is 2.51. The van der Waals surface area contributed by atoms with Crippen molar-refractivity contribution in [2.45, 2.75) is 18.7 Å². The lowest BCUT2D eigenvalue weighted by molar-refractivity contribution is 0.0727. The fraction of sp³-hybridized carbons (Fsp3) is 0.235. The highest BCUT2D eigenvalue weighted by atomic mass is 32.2. The van der Waals surface area contributed by atoms with Gasteiger partial charge in [-0.15, -0.1) is 0 Å². The van der Waals surface area contributed by atoms with Crippen LogP contribution in [0.2, 0.25) is 0 Å². The van der Waals surface area contributed by atoms with Crippen LogP contribution in [0.5, 0.6) is 5.75 Å². The monoisotopic (exact) mass is 351 g/mol. The summed E-state index contributed by atoms with van der Waals surface area (Å²) in [7, 11) is -1.07. The van der Waals surface area contributed by atoms with Crippen LogP contribution in [0, 0.1) is 19.7 Å². The minimum atomic E-state index is -3.78. The van der Waals surface area contributed by atoms with Crippen molar-refractivity contribution < 1.29 is 22.3 Å². The van der Waals surface area contributed by atoms with Gasteiger partial charge < -0.3 is 4.74 Å². The molecule has 0 amide bonds. The summed E-state index contributed by atoms with van der Waals surface area (Å²) in [6, 6.07) is 8.38. The van der Waals surface area contributed by atoms with Gasteiger partial charge in [0.25, 0.3) is 0 Å². The van der Waals surface area contributed by atoms with Gasteiger partial charge >= 0.3 is 5.97 Å². The van der Waals surface area contributed by atoms with Crippen molar-refractivity contribution in [2.24, 2.45) is 0 Å². The van der Waals surface area contributed by atoms with Crippen molar-refractivity contribution in [1.29, 1.82) is 0 Å². The van der Waals surface area contributed by atoms with Crippen LogP contribution in [0.1, 0.15) is 21.5 Å². The van der Waals surface area contributed by atoms with Gasteiger partial charge in [0, 0.05) is 14.1 Å². The summed E-state index contributed by atoms with van der Waals surface area (Å²) in [5, 5.41) is 0. The SMILES string of the molecule is Cc1cccc(C)c1OC(=O)c1cc(S(=O)(=O)N(C)C)ccc1F. The third-order valence-electron chi connectivity index (χ3n) is 3.54. The van der Waals surface area contributed by atoms with E-state index in [0.717, 1.165) is 33.6 Å². The molecule has 5 nitrogen and oxygen atoms in total. The molecule has 0 aromatic heterocycles. The second-order valence-electron chi connectivity index (χ2n) is 5.54. The summed E-state index contributed by atoms with van der Waals surface area (Å²) < 4.78 is 44.5. The van der Waals surface area contributed by atoms with Gasteiger partial charge in [0.1, 0.15) is 11.6 Å². The minimum Gasteiger partial charge on any atom is -0.422 e. The lowest BCUT2D eigenvalue weighted by Crippen LogP contribution is -2.23. The molecule has 0 N–H and O–H groups in total. The van der Waals surface area contributed by atoms with Crippen LogP contribution in [0.25, 0.3) is 0 Å². The van der Waals surface area contributed by atoms with E-state index in [0.29, 0.717) is 5.75 Å². The molecule has 2 rings (SSSR count). The number of carbonyl (C=O) groups excluding carboxylic acids is 1. The van der Waals surface area contributed by atoms with Gasteiger partial charge in [0.05, 0.1) is 10.5 Å². The predicted octanol–water partition coefficient (Wildman–Crippen LogP) is 2.91. The molecule has 0 spiro atoms. The summed E-state index contributed by atoms with van der Waals surface area (Å²) in [4.78, 5) is 12.1. The maximum absolute atomic E-state index is 14.0. The van der Waals surface area contributed by atoms with Gasteiger partial charge in [-0.3, -0.25) is 0 Å². The first-order valence-electron chi connectivity index (χ1n) is 7.15. The second kappa shape index (κ2) is 6.70. The topological polar surface area (TPSA) is 63.7 Å². The number of rotatable bonds is 4. The summed E-state index contributed by atoms with van der Waals surface area (Å²) in [6.45, 7) is 3.53. The van der Waals surface area contributed by atoms with Crippen LogP contribution >= 0.6 is 0 Å². The number of aryl methyl sites for hydroxylation is 2. The predicted molar refractivity (Wildman–Crippen MR) is 88.1 cm³/mol. The average molecular weight is 351 g/mol. The molecule has 0 aliphatic heterocycles. The molecule has 0 saturated carbocycles. The van der Waals surface area contributed by atoms with E-state index in [4.69, 9.17) is 4.74 Å². The molecule has 0 saturated heterocycles. The number of esters is 1. The molecule has 128 valence electrons. The molecule has 0 heterocycles. The molecule has 24 heavy (non-hydrogen) atoms. The zero-order valence-corrected chi connectivity index (χ0v) is 14.6. The lowest BCUT2D eigenvalue weighted by Gasteiger charge is -2.13. The fourth-order valence-corrected chi connectivity index (χ4v) is 3.07. The third-order valence-corrected chi connectivity index (χ3v) is 5.35. The van der Waals surface area contributed by atoms with Crippen molar-refractivity contribution >= 4 is 16.0 Å². The summed E-state index contributed by atoms with van der Waals surface area (Å²) >= 11 is 0. The minimum absolute atomic E-state index is 0.178. The van der Waals surface area contributed by atoms with Crippen molar-refractivity contribution in [3.8, 4) is 5.75 Å². The van der Waals surface area contributed by atoms with Crippen LogP contribution in [0.4, 0.5) is 4.39 Å². The molecular formula is C17H18FNO4S. The fourth-order valence-electron chi connectivity index (χ4n) is 2.14. The van der Waals surface area contributed by atoms with E-state index in [1.165, 1.54) is 14.1 Å². The van der Waals surface area contributed by atoms with E-state index in [1.54, 1.807) is 26.0 Å². The molecule has 2 aromatic rings. The van der Waals surface area contributed by atoms with Crippen molar-refractivity contribution in [3.05, 3.63) is 58.9 Å². The van der Waals surface area contributed by atoms with Crippen molar-refractivity contribution in [1.82, 2.24) is 4.31 Å². The van der Waals surface area contributed by atoms with E-state index >= 15 is 0 Å². The number of hydrogen-bond acceptors (Lipinski definition) is 4. The van der Waals surface area contributed by atoms with Crippen molar-refractivity contribution in [2.75, 3.05) is 14.1 Å². The van der Waals surface area contributed by atoms with Gasteiger partial charge in [0.15, 0.2) is 0 Å². The summed E-state index contributed by atoms with van der Waals surface area (Å²) in [6.07, 6.45) is 0. The summed E-state index contributed by atoms with van der Waals surface area (Å²) in [5.74, 6) is -1.45. The number of carbonyl (C=O) groups is 1. The molecular weight excluding hydrogens is 333 g/mol. The number of sulfonamides is 1. The van der Waals surface area contributed by atoms with Gasteiger partial charge in [-0.05, 0) is 43.2 Å². The zero-order valence-electron chi connectivity index (χ0n) is 13.8. The van der Waals surface area contributed by atoms with Crippen LogP contribution in [-0.2, 0) is 10.0 Å². The van der Waals surface area contributed by atoms with Gasteiger partial charge in [-0.2, -0.15) is 0 Å². The maximum atomic E-state index is 14.0. The first-order chi connectivity index (χ1) is 11.1. The normalized spacial score (nSPS) is 11.6. The standard InChI is InChI=1S/C17H18FNO4S/c1-11-6-5-7-12(2)16(11)23-17(20)14-10-13(8-9-15(14)18)24(21,22)19(3)4/h5-10H,1-4H3. The summed E-state index contributed by atoms with van der Waals surface area (Å²) in [5.41, 5.74) is 1.02. The Hall–Kier alpha value is -2.25. The van der Waals surface area contributed by atoms with Crippen LogP contribution in [0.15, 0.2) is 41.3 Å². The Bertz CT molecular complexity index is 871. The lowest BCUT2D eigenvalue weighted by atomic mass is 10.1. The van der Waals surface area contributed by atoms with E-state index in [1.807, 2.05) is 6.07 Å². The molecule has 7 heteroatoms. The Labute approximate surface area is 140 Å². The van der Waals surface area contributed by atoms with E-state index in [-0.39, 0.29) is 4.90 Å². The molecule has 0 bridgehead atoms. The molecule has 0 radical (unpaired) electrons. The Morgan fingerprint density at radius 3 is 2.21 bits per heavy atom. The highest BCUT2D eigenvalue weighted by molar-refractivity contribution is 7.89. The van der Waals surface area contributed by atoms with Crippen molar-refractivity contribution in [3.63, 3.8) is 0 Å². The maximum Gasteiger partial charge on any atom is 0.346 e. The Morgan fingerprint density at radius 1 is 1.08 bits per heavy atom. The van der Waals surface area contributed by atoms with Crippen LogP contribution < -0.4 is 4.74 Å². The van der Waals surface area contributed by atoms with Gasteiger partial charge in [0.2, 0.25) is 10.0 Å². The number of halogens is 1. The smallest absolute Gasteiger partial charge is 0.346 e. The van der Waals surface area contributed by atoms with E-state index in [9.17, 15) is 17.6 Å². The molecule has 0 aliphatic carbocycles. The quantitative estimate of drug-likeness (QED) is 0.628. The molecule has 0 unspecified atom stereocenters. The van der Waals surface area contributed by atoms with Crippen LogP contribution in [0.3, 0.4) is 0 Å². The first kappa shape index (κ1) is 18.1. The number of benzene rings is 2. The number of para-hydroxylation sites is 1. The number of nitrogens with zero attached hydrogens (tertiary/aromatic N) is 1. The van der Waals surface area contributed by atoms with E-state index < -0.39 is 27.4 Å². The number of hydrogen-bond donors (Lipinski definition) is 0. The molecule has 0 fully saturated rings. The van der Waals surface area contributed by atoms with Gasteiger partial charge in [-0.1, -0.05) is 18.2 Å². The highest BCUT2D eigenvalue weighted by Gasteiger charge is 2.23. The first-order valence-corrected chi connectivity index (χ1v) is 8.59. The third kappa shape index (κ3) is 3.47. The van der Waals surface area contributed by atoms with Crippen LogP contribution in [-0.4, -0.2) is 32.8 Å². The second-order valence-corrected chi connectivity index (χ2v) is 7.69. The number of ether oxygens (including phenoxy) is 1. The Morgan fingerprint density at radius 2 is 1.67 bits per heavy atom. The highest BCUT2D eigenvalue weighted by Crippen LogP contribution is 2.25. The molecule has 0 aliphatic rings. The largest absolute Gasteiger partial charge is 0.422 e. The zero-order chi connectivity index (χ0) is 18.1. The molecule has 2 aromatic carbocycles. The Kier molecular flexibility index (Phi) is 5.05.